The molecule has 0 saturated carbocycles. The minimum absolute atomic E-state index is 0.0263. The molecule has 138 valence electrons. The summed E-state index contributed by atoms with van der Waals surface area (Å²) in [6.07, 6.45) is 1.91. The Hall–Kier alpha value is -1.04. The van der Waals surface area contributed by atoms with Gasteiger partial charge < -0.3 is 15.1 Å². The molecule has 25 heavy (non-hydrogen) atoms. The summed E-state index contributed by atoms with van der Waals surface area (Å²) in [5, 5.41) is 5.03. The molecule has 1 atom stereocenters. The standard InChI is InChI=1S/C18H25Cl2N3OS/c1-3-22(4-2)17(24)14-6-5-9-23(12-14)18(25)21-11-13-7-8-15(19)16(20)10-13/h7-8,10,14H,3-6,9,11-12H2,1-2H3,(H,21,25). The summed E-state index contributed by atoms with van der Waals surface area (Å²) >= 11 is 17.5. The molecular formula is C18H25Cl2N3OS. The topological polar surface area (TPSA) is 35.6 Å². The maximum absolute atomic E-state index is 12.6. The number of hydrogen-bond donors (Lipinski definition) is 1. The monoisotopic (exact) mass is 401 g/mol. The molecule has 1 N–H and O–H groups in total. The molecule has 1 aliphatic heterocycles. The van der Waals surface area contributed by atoms with Crippen molar-refractivity contribution in [2.45, 2.75) is 33.2 Å². The minimum Gasteiger partial charge on any atom is -0.358 e. The Labute approximate surface area is 165 Å². The second kappa shape index (κ2) is 9.60. The highest BCUT2D eigenvalue weighted by atomic mass is 35.5. The van der Waals surface area contributed by atoms with Crippen LogP contribution in [0.3, 0.4) is 0 Å². The number of likely N-dealkylation sites (tertiary alicyclic amines) is 1. The van der Waals surface area contributed by atoms with Crippen molar-refractivity contribution in [3.63, 3.8) is 0 Å². The summed E-state index contributed by atoms with van der Waals surface area (Å²) < 4.78 is 0. The minimum atomic E-state index is 0.0263. The molecular weight excluding hydrogens is 377 g/mol. The van der Waals surface area contributed by atoms with Gasteiger partial charge in [0.1, 0.15) is 0 Å². The molecule has 0 aromatic heterocycles. The van der Waals surface area contributed by atoms with Crippen LogP contribution in [0.4, 0.5) is 0 Å². The molecule has 0 aliphatic carbocycles. The van der Waals surface area contributed by atoms with Crippen LogP contribution in [0.1, 0.15) is 32.3 Å². The lowest BCUT2D eigenvalue weighted by molar-refractivity contribution is -0.136. The highest BCUT2D eigenvalue weighted by Crippen LogP contribution is 2.23. The molecule has 0 spiro atoms. The summed E-state index contributed by atoms with van der Waals surface area (Å²) in [6.45, 7) is 7.70. The molecule has 0 radical (unpaired) electrons. The van der Waals surface area contributed by atoms with Crippen LogP contribution < -0.4 is 5.32 Å². The van der Waals surface area contributed by atoms with Gasteiger partial charge in [0.25, 0.3) is 0 Å². The predicted octanol–water partition coefficient (Wildman–Crippen LogP) is 3.95. The smallest absolute Gasteiger partial charge is 0.227 e. The van der Waals surface area contributed by atoms with E-state index in [1.165, 1.54) is 0 Å². The predicted molar refractivity (Wildman–Crippen MR) is 108 cm³/mol. The van der Waals surface area contributed by atoms with Crippen molar-refractivity contribution in [1.82, 2.24) is 15.1 Å². The van der Waals surface area contributed by atoms with E-state index in [4.69, 9.17) is 35.4 Å². The molecule has 7 heteroatoms. The van der Waals surface area contributed by atoms with Crippen molar-refractivity contribution in [3.05, 3.63) is 33.8 Å². The summed E-state index contributed by atoms with van der Waals surface area (Å²) in [5.41, 5.74) is 1.02. The number of nitrogens with one attached hydrogen (secondary N) is 1. The van der Waals surface area contributed by atoms with E-state index in [-0.39, 0.29) is 11.8 Å². The van der Waals surface area contributed by atoms with Gasteiger partial charge in [-0.1, -0.05) is 29.3 Å². The molecule has 1 fully saturated rings. The number of carbonyl (C=O) groups is 1. The molecule has 4 nitrogen and oxygen atoms in total. The number of rotatable bonds is 5. The van der Waals surface area contributed by atoms with Crippen LogP contribution in [0, 0.1) is 5.92 Å². The number of piperidine rings is 1. The third-order valence-corrected chi connectivity index (χ3v) is 5.70. The molecule has 1 heterocycles. The van der Waals surface area contributed by atoms with Gasteiger partial charge in [0.2, 0.25) is 5.91 Å². The van der Waals surface area contributed by atoms with Gasteiger partial charge in [-0.3, -0.25) is 4.79 Å². The molecule has 2 rings (SSSR count). The Bertz CT molecular complexity index is 622. The largest absolute Gasteiger partial charge is 0.358 e. The fourth-order valence-corrected chi connectivity index (χ4v) is 3.65. The van der Waals surface area contributed by atoms with E-state index in [1.54, 1.807) is 6.07 Å². The van der Waals surface area contributed by atoms with Crippen molar-refractivity contribution >= 4 is 46.4 Å². The number of carbonyl (C=O) groups excluding carboxylic acids is 1. The van der Waals surface area contributed by atoms with E-state index in [0.717, 1.165) is 38.0 Å². The number of amides is 1. The molecule has 0 bridgehead atoms. The molecule has 1 saturated heterocycles. The van der Waals surface area contributed by atoms with Crippen LogP contribution in [0.15, 0.2) is 18.2 Å². The normalized spacial score (nSPS) is 17.3. The van der Waals surface area contributed by atoms with E-state index in [1.807, 2.05) is 30.9 Å². The SMILES string of the molecule is CCN(CC)C(=O)C1CCCN(C(=S)NCc2ccc(Cl)c(Cl)c2)C1. The molecule has 1 aliphatic rings. The Morgan fingerprint density at radius 1 is 1.32 bits per heavy atom. The summed E-state index contributed by atoms with van der Waals surface area (Å²) in [5.74, 6) is 0.264. The second-order valence-corrected chi connectivity index (χ2v) is 7.40. The zero-order valence-corrected chi connectivity index (χ0v) is 17.1. The van der Waals surface area contributed by atoms with E-state index in [0.29, 0.717) is 28.2 Å². The Balaban J connectivity index is 1.90. The van der Waals surface area contributed by atoms with E-state index < -0.39 is 0 Å². The first kappa shape index (κ1) is 20.3. The van der Waals surface area contributed by atoms with Crippen LogP contribution in [0.25, 0.3) is 0 Å². The lowest BCUT2D eigenvalue weighted by Gasteiger charge is -2.36. The van der Waals surface area contributed by atoms with Gasteiger partial charge in [-0.2, -0.15) is 0 Å². The van der Waals surface area contributed by atoms with Crippen molar-refractivity contribution in [1.29, 1.82) is 0 Å². The van der Waals surface area contributed by atoms with Gasteiger partial charge >= 0.3 is 0 Å². The zero-order chi connectivity index (χ0) is 18.4. The van der Waals surface area contributed by atoms with E-state index >= 15 is 0 Å². The van der Waals surface area contributed by atoms with Crippen LogP contribution >= 0.6 is 35.4 Å². The van der Waals surface area contributed by atoms with Gasteiger partial charge in [-0.25, -0.2) is 0 Å². The van der Waals surface area contributed by atoms with Crippen molar-refractivity contribution in [3.8, 4) is 0 Å². The maximum atomic E-state index is 12.6. The lowest BCUT2D eigenvalue weighted by atomic mass is 9.96. The lowest BCUT2D eigenvalue weighted by Crippen LogP contribution is -2.49. The van der Waals surface area contributed by atoms with Crippen LogP contribution in [0.2, 0.25) is 10.0 Å². The Kier molecular flexibility index (Phi) is 7.79. The zero-order valence-electron chi connectivity index (χ0n) is 14.7. The first-order valence-corrected chi connectivity index (χ1v) is 9.88. The first-order chi connectivity index (χ1) is 12.0. The average molecular weight is 402 g/mol. The van der Waals surface area contributed by atoms with Crippen LogP contribution in [0.5, 0.6) is 0 Å². The summed E-state index contributed by atoms with van der Waals surface area (Å²) in [4.78, 5) is 16.6. The number of halogens is 2. The highest BCUT2D eigenvalue weighted by Gasteiger charge is 2.29. The summed E-state index contributed by atoms with van der Waals surface area (Å²) in [6, 6.07) is 5.54. The fraction of sp³-hybridized carbons (Fsp3) is 0.556. The van der Waals surface area contributed by atoms with Gasteiger partial charge in [-0.15, -0.1) is 0 Å². The van der Waals surface area contributed by atoms with Crippen molar-refractivity contribution in [2.24, 2.45) is 5.92 Å². The third kappa shape index (κ3) is 5.47. The van der Waals surface area contributed by atoms with E-state index in [2.05, 4.69) is 10.2 Å². The number of hydrogen-bond acceptors (Lipinski definition) is 2. The average Bonchev–Trinajstić information content (AvgIpc) is 2.63. The van der Waals surface area contributed by atoms with Crippen LogP contribution in [-0.4, -0.2) is 47.0 Å². The molecule has 1 aromatic rings. The van der Waals surface area contributed by atoms with Crippen molar-refractivity contribution < 1.29 is 4.79 Å². The molecule has 1 unspecified atom stereocenters. The first-order valence-electron chi connectivity index (χ1n) is 8.71. The van der Waals surface area contributed by atoms with E-state index in [9.17, 15) is 4.79 Å². The van der Waals surface area contributed by atoms with Gasteiger partial charge in [0.05, 0.1) is 16.0 Å². The Morgan fingerprint density at radius 2 is 2.04 bits per heavy atom. The third-order valence-electron chi connectivity index (χ3n) is 4.56. The fourth-order valence-electron chi connectivity index (χ4n) is 3.10. The van der Waals surface area contributed by atoms with Crippen LogP contribution in [-0.2, 0) is 11.3 Å². The maximum Gasteiger partial charge on any atom is 0.227 e. The Morgan fingerprint density at radius 3 is 2.68 bits per heavy atom. The highest BCUT2D eigenvalue weighted by molar-refractivity contribution is 7.80. The molecule has 1 aromatic carbocycles. The number of nitrogens with zero attached hydrogens (tertiary/aromatic N) is 2. The van der Waals surface area contributed by atoms with Crippen molar-refractivity contribution in [2.75, 3.05) is 26.2 Å². The van der Waals surface area contributed by atoms with Gasteiger partial charge in [0.15, 0.2) is 5.11 Å². The molecule has 1 amide bonds. The number of benzene rings is 1. The second-order valence-electron chi connectivity index (χ2n) is 6.20. The van der Waals surface area contributed by atoms with Gasteiger partial charge in [0, 0.05) is 32.7 Å². The number of thiocarbonyl (C=S) groups is 1. The van der Waals surface area contributed by atoms with Gasteiger partial charge in [-0.05, 0) is 56.6 Å². The quantitative estimate of drug-likeness (QED) is 0.757. The summed E-state index contributed by atoms with van der Waals surface area (Å²) in [7, 11) is 0.